The third kappa shape index (κ3) is 3.30. The second-order valence-corrected chi connectivity index (χ2v) is 4.07. The quantitative estimate of drug-likeness (QED) is 0.559. The van der Waals surface area contributed by atoms with Gasteiger partial charge < -0.3 is 4.74 Å². The molecule has 0 aromatic carbocycles. The van der Waals surface area contributed by atoms with Gasteiger partial charge in [0.1, 0.15) is 18.9 Å². The molecule has 0 radical (unpaired) electrons. The lowest BCUT2D eigenvalue weighted by atomic mass is 10.3. The molecule has 1 heterocycles. The molecule has 0 saturated heterocycles. The maximum absolute atomic E-state index is 12.1. The number of aromatic nitrogens is 2. The maximum Gasteiger partial charge on any atom is 0.416 e. The lowest BCUT2D eigenvalue weighted by Crippen LogP contribution is -2.43. The second-order valence-electron chi connectivity index (χ2n) is 4.07. The molecule has 0 atom stereocenters. The van der Waals surface area contributed by atoms with Crippen LogP contribution in [0.2, 0.25) is 0 Å². The summed E-state index contributed by atoms with van der Waals surface area (Å²) >= 11 is 0. The Hall–Kier alpha value is -1.85. The Kier molecular flexibility index (Phi) is 4.25. The standard InChI is InChI=1S/C11H18N3O3/c1-9(2)14(7-10(15)17-4)11(16)13-6-5-12(3)8-13/h5-6,8-9H,7H2,1-4H3/q+1. The molecule has 1 rings (SSSR count). The van der Waals surface area contributed by atoms with Gasteiger partial charge in [-0.2, -0.15) is 4.57 Å². The molecule has 0 fully saturated rings. The number of nitrogens with zero attached hydrogens (tertiary/aromatic N) is 3. The molecule has 0 saturated carbocycles. The zero-order valence-electron chi connectivity index (χ0n) is 10.6. The molecule has 0 aliphatic rings. The average molecular weight is 240 g/mol. The van der Waals surface area contributed by atoms with Crippen molar-refractivity contribution >= 4 is 12.0 Å². The molecular weight excluding hydrogens is 222 g/mol. The number of aryl methyl sites for hydroxylation is 1. The smallest absolute Gasteiger partial charge is 0.416 e. The number of hydrogen-bond donors (Lipinski definition) is 0. The predicted octanol–water partition coefficient (Wildman–Crippen LogP) is 0.164. The van der Waals surface area contributed by atoms with E-state index in [9.17, 15) is 9.59 Å². The van der Waals surface area contributed by atoms with Crippen molar-refractivity contribution in [2.45, 2.75) is 19.9 Å². The van der Waals surface area contributed by atoms with Crippen LogP contribution in [-0.2, 0) is 16.6 Å². The van der Waals surface area contributed by atoms with E-state index in [2.05, 4.69) is 4.74 Å². The summed E-state index contributed by atoms with van der Waals surface area (Å²) in [5.74, 6) is -0.427. The maximum atomic E-state index is 12.1. The Labute approximate surface area is 100 Å². The van der Waals surface area contributed by atoms with Gasteiger partial charge in [0.25, 0.3) is 6.33 Å². The Morgan fingerprint density at radius 1 is 1.47 bits per heavy atom. The van der Waals surface area contributed by atoms with Crippen LogP contribution in [0.25, 0.3) is 0 Å². The third-order valence-corrected chi connectivity index (χ3v) is 2.39. The van der Waals surface area contributed by atoms with Gasteiger partial charge in [-0.05, 0) is 13.8 Å². The Bertz CT molecular complexity index is 412. The number of esters is 1. The minimum atomic E-state index is -0.427. The second kappa shape index (κ2) is 5.47. The summed E-state index contributed by atoms with van der Waals surface area (Å²) in [5, 5.41) is 0. The fourth-order valence-electron chi connectivity index (χ4n) is 1.39. The topological polar surface area (TPSA) is 55.4 Å². The van der Waals surface area contributed by atoms with E-state index in [4.69, 9.17) is 0 Å². The molecular formula is C11H18N3O3+. The van der Waals surface area contributed by atoms with E-state index < -0.39 is 5.97 Å². The summed E-state index contributed by atoms with van der Waals surface area (Å²) < 4.78 is 7.77. The van der Waals surface area contributed by atoms with Crippen molar-refractivity contribution in [3.05, 3.63) is 18.7 Å². The molecule has 1 aromatic heterocycles. The van der Waals surface area contributed by atoms with Crippen LogP contribution in [0.1, 0.15) is 13.8 Å². The van der Waals surface area contributed by atoms with Gasteiger partial charge in [-0.25, -0.2) is 9.36 Å². The van der Waals surface area contributed by atoms with E-state index in [0.29, 0.717) is 0 Å². The molecule has 17 heavy (non-hydrogen) atoms. The van der Waals surface area contributed by atoms with Crippen molar-refractivity contribution in [3.8, 4) is 0 Å². The van der Waals surface area contributed by atoms with Gasteiger partial charge in [0.2, 0.25) is 0 Å². The van der Waals surface area contributed by atoms with Crippen LogP contribution in [0.3, 0.4) is 0 Å². The highest BCUT2D eigenvalue weighted by Crippen LogP contribution is 2.02. The SMILES string of the molecule is COC(=O)CN(C(=O)n1cc[n+](C)c1)C(C)C. The summed E-state index contributed by atoms with van der Waals surface area (Å²) in [5.41, 5.74) is 0. The molecule has 0 aliphatic carbocycles. The minimum absolute atomic E-state index is 0.0467. The molecule has 0 aliphatic heterocycles. The van der Waals surface area contributed by atoms with E-state index in [1.165, 1.54) is 16.6 Å². The van der Waals surface area contributed by atoms with Crippen LogP contribution >= 0.6 is 0 Å². The Balaban J connectivity index is 2.84. The highest BCUT2D eigenvalue weighted by molar-refractivity contribution is 5.82. The summed E-state index contributed by atoms with van der Waals surface area (Å²) in [4.78, 5) is 24.8. The van der Waals surface area contributed by atoms with Gasteiger partial charge in [-0.1, -0.05) is 0 Å². The van der Waals surface area contributed by atoms with Gasteiger partial charge in [-0.3, -0.25) is 9.69 Å². The zero-order valence-corrected chi connectivity index (χ0v) is 10.6. The van der Waals surface area contributed by atoms with Crippen molar-refractivity contribution < 1.29 is 18.9 Å². The summed E-state index contributed by atoms with van der Waals surface area (Å²) in [7, 11) is 3.13. The van der Waals surface area contributed by atoms with Crippen molar-refractivity contribution in [3.63, 3.8) is 0 Å². The fraction of sp³-hybridized carbons (Fsp3) is 0.545. The van der Waals surface area contributed by atoms with Crippen molar-refractivity contribution in [1.82, 2.24) is 9.47 Å². The first-order chi connectivity index (χ1) is 7.95. The first-order valence-corrected chi connectivity index (χ1v) is 5.36. The number of carbonyl (C=O) groups is 2. The molecule has 1 aromatic rings. The van der Waals surface area contributed by atoms with Crippen LogP contribution in [0, 0.1) is 0 Å². The third-order valence-electron chi connectivity index (χ3n) is 2.39. The van der Waals surface area contributed by atoms with E-state index in [-0.39, 0.29) is 18.6 Å². The largest absolute Gasteiger partial charge is 0.468 e. The first-order valence-electron chi connectivity index (χ1n) is 5.36. The number of hydrogen-bond acceptors (Lipinski definition) is 3. The molecule has 1 amide bonds. The van der Waals surface area contributed by atoms with E-state index in [1.54, 1.807) is 23.3 Å². The van der Waals surface area contributed by atoms with Gasteiger partial charge >= 0.3 is 12.0 Å². The molecule has 94 valence electrons. The normalized spacial score (nSPS) is 10.4. The molecule has 6 heteroatoms. The summed E-state index contributed by atoms with van der Waals surface area (Å²) in [6, 6.07) is -0.319. The van der Waals surface area contributed by atoms with Crippen LogP contribution in [-0.4, -0.2) is 41.2 Å². The highest BCUT2D eigenvalue weighted by atomic mass is 16.5. The van der Waals surface area contributed by atoms with E-state index in [1.807, 2.05) is 20.9 Å². The monoisotopic (exact) mass is 240 g/mol. The van der Waals surface area contributed by atoms with Gasteiger partial charge in [0, 0.05) is 6.04 Å². The Morgan fingerprint density at radius 3 is 2.53 bits per heavy atom. The molecule has 6 nitrogen and oxygen atoms in total. The molecule has 0 unspecified atom stereocenters. The lowest BCUT2D eigenvalue weighted by molar-refractivity contribution is -0.670. The summed E-state index contributed by atoms with van der Waals surface area (Å²) in [6.07, 6.45) is 5.05. The van der Waals surface area contributed by atoms with Crippen molar-refractivity contribution in [2.24, 2.45) is 7.05 Å². The minimum Gasteiger partial charge on any atom is -0.468 e. The van der Waals surface area contributed by atoms with Crippen molar-refractivity contribution in [2.75, 3.05) is 13.7 Å². The number of imidazole rings is 1. The van der Waals surface area contributed by atoms with Crippen molar-refractivity contribution in [1.29, 1.82) is 0 Å². The first kappa shape index (κ1) is 13.2. The average Bonchev–Trinajstić information content (AvgIpc) is 2.71. The number of carbonyl (C=O) groups excluding carboxylic acids is 2. The zero-order chi connectivity index (χ0) is 13.0. The number of amides is 1. The van der Waals surface area contributed by atoms with E-state index in [0.717, 1.165) is 0 Å². The molecule has 0 N–H and O–H groups in total. The number of ether oxygens (including phenoxy) is 1. The molecule has 0 bridgehead atoms. The molecule has 0 spiro atoms. The van der Waals surface area contributed by atoms with Crippen LogP contribution in [0.4, 0.5) is 4.79 Å². The number of methoxy groups -OCH3 is 1. The lowest BCUT2D eigenvalue weighted by Gasteiger charge is -2.22. The van der Waals surface area contributed by atoms with E-state index >= 15 is 0 Å². The van der Waals surface area contributed by atoms with Gasteiger partial charge in [0.05, 0.1) is 14.2 Å². The fourth-order valence-corrected chi connectivity index (χ4v) is 1.39. The van der Waals surface area contributed by atoms with Crippen LogP contribution < -0.4 is 4.57 Å². The van der Waals surface area contributed by atoms with Crippen LogP contribution in [0.5, 0.6) is 0 Å². The van der Waals surface area contributed by atoms with Gasteiger partial charge in [-0.15, -0.1) is 0 Å². The highest BCUT2D eigenvalue weighted by Gasteiger charge is 2.25. The predicted molar refractivity (Wildman–Crippen MR) is 60.3 cm³/mol. The number of rotatable bonds is 3. The summed E-state index contributed by atoms with van der Waals surface area (Å²) in [6.45, 7) is 3.66. The van der Waals surface area contributed by atoms with Gasteiger partial charge in [0.15, 0.2) is 0 Å². The van der Waals surface area contributed by atoms with Crippen LogP contribution in [0.15, 0.2) is 18.7 Å². The Morgan fingerprint density at radius 2 is 2.12 bits per heavy atom.